The Bertz CT molecular complexity index is 1230. The smallest absolute Gasteiger partial charge is 0.336 e. The first kappa shape index (κ1) is 23.0. The van der Waals surface area contributed by atoms with E-state index >= 15 is 0 Å². The van der Waals surface area contributed by atoms with Gasteiger partial charge in [0.25, 0.3) is 5.91 Å². The van der Waals surface area contributed by atoms with Crippen molar-refractivity contribution in [3.05, 3.63) is 83.9 Å². The molecule has 0 aliphatic rings. The van der Waals surface area contributed by atoms with Crippen molar-refractivity contribution in [2.24, 2.45) is 0 Å². The normalized spacial score (nSPS) is 10.7. The second kappa shape index (κ2) is 10.6. The number of nitrogens with zero attached hydrogens (tertiary/aromatic N) is 3. The molecule has 0 unspecified atom stereocenters. The molecule has 0 radical (unpaired) electrons. The van der Waals surface area contributed by atoms with Crippen LogP contribution in [0.1, 0.15) is 15.9 Å². The van der Waals surface area contributed by atoms with Crippen LogP contribution in [0.4, 0.5) is 5.69 Å². The molecule has 4 rings (SSSR count). The molecule has 1 aromatic heterocycles. The van der Waals surface area contributed by atoms with Crippen LogP contribution in [0.15, 0.2) is 72.8 Å². The van der Waals surface area contributed by atoms with E-state index in [0.717, 1.165) is 22.6 Å². The highest BCUT2D eigenvalue weighted by Crippen LogP contribution is 2.26. The molecule has 0 aliphatic carbocycles. The summed E-state index contributed by atoms with van der Waals surface area (Å²) in [6.07, 6.45) is 0. The fourth-order valence-electron chi connectivity index (χ4n) is 3.27. The number of anilines is 1. The SMILES string of the molecule is COCCOc1nc(-c2ccc(OC)cc2)n(-c2ccc(NC(=O)c3ccc(C)cc3)cc2)n1. The molecule has 8 nitrogen and oxygen atoms in total. The summed E-state index contributed by atoms with van der Waals surface area (Å²) in [7, 11) is 3.23. The lowest BCUT2D eigenvalue weighted by Gasteiger charge is -2.09. The molecule has 4 aromatic rings. The van der Waals surface area contributed by atoms with Crippen LogP contribution in [-0.2, 0) is 4.74 Å². The zero-order valence-electron chi connectivity index (χ0n) is 19.3. The van der Waals surface area contributed by atoms with Crippen LogP contribution in [0.25, 0.3) is 17.1 Å². The van der Waals surface area contributed by atoms with Crippen molar-refractivity contribution < 1.29 is 19.0 Å². The van der Waals surface area contributed by atoms with Crippen molar-refractivity contribution >= 4 is 11.6 Å². The Morgan fingerprint density at radius 2 is 1.62 bits per heavy atom. The first-order valence-electron chi connectivity index (χ1n) is 10.8. The van der Waals surface area contributed by atoms with Crippen molar-refractivity contribution in [1.29, 1.82) is 0 Å². The van der Waals surface area contributed by atoms with E-state index in [0.29, 0.717) is 30.3 Å². The van der Waals surface area contributed by atoms with Gasteiger partial charge in [0, 0.05) is 23.9 Å². The Hall–Kier alpha value is -4.17. The number of nitrogens with one attached hydrogen (secondary N) is 1. The number of amides is 1. The van der Waals surface area contributed by atoms with Crippen LogP contribution < -0.4 is 14.8 Å². The molecule has 34 heavy (non-hydrogen) atoms. The Kier molecular flexibility index (Phi) is 7.19. The molecule has 0 fully saturated rings. The Balaban J connectivity index is 1.58. The van der Waals surface area contributed by atoms with E-state index < -0.39 is 0 Å². The monoisotopic (exact) mass is 458 g/mol. The number of aryl methyl sites for hydroxylation is 1. The third kappa shape index (κ3) is 5.41. The minimum absolute atomic E-state index is 0.166. The zero-order valence-corrected chi connectivity index (χ0v) is 19.3. The van der Waals surface area contributed by atoms with Crippen LogP contribution in [0.5, 0.6) is 11.8 Å². The molecule has 0 atom stereocenters. The average Bonchev–Trinajstić information content (AvgIpc) is 3.29. The van der Waals surface area contributed by atoms with Crippen molar-refractivity contribution in [3.63, 3.8) is 0 Å². The van der Waals surface area contributed by atoms with Gasteiger partial charge in [-0.1, -0.05) is 17.7 Å². The molecular formula is C26H26N4O4. The molecule has 8 heteroatoms. The molecular weight excluding hydrogens is 432 g/mol. The lowest BCUT2D eigenvalue weighted by molar-refractivity contribution is 0.102. The molecule has 0 saturated carbocycles. The highest BCUT2D eigenvalue weighted by atomic mass is 16.5. The first-order chi connectivity index (χ1) is 16.6. The molecule has 1 N–H and O–H groups in total. The quantitative estimate of drug-likeness (QED) is 0.371. The van der Waals surface area contributed by atoms with E-state index in [1.165, 1.54) is 0 Å². The fraction of sp³-hybridized carbons (Fsp3) is 0.192. The third-order valence-corrected chi connectivity index (χ3v) is 5.14. The predicted octanol–water partition coefficient (Wildman–Crippen LogP) is 4.53. The maximum absolute atomic E-state index is 12.5. The van der Waals surface area contributed by atoms with E-state index in [4.69, 9.17) is 14.2 Å². The van der Waals surface area contributed by atoms with Gasteiger partial charge in [0.05, 0.1) is 19.4 Å². The van der Waals surface area contributed by atoms with Crippen LogP contribution in [0, 0.1) is 6.92 Å². The number of carbonyl (C=O) groups excluding carboxylic acids is 1. The minimum atomic E-state index is -0.166. The van der Waals surface area contributed by atoms with Gasteiger partial charge >= 0.3 is 6.01 Å². The first-order valence-corrected chi connectivity index (χ1v) is 10.8. The van der Waals surface area contributed by atoms with E-state index in [-0.39, 0.29) is 11.9 Å². The van der Waals surface area contributed by atoms with Gasteiger partial charge in [0.2, 0.25) is 0 Å². The summed E-state index contributed by atoms with van der Waals surface area (Å²) in [4.78, 5) is 17.1. The third-order valence-electron chi connectivity index (χ3n) is 5.14. The second-order valence-electron chi connectivity index (χ2n) is 7.57. The van der Waals surface area contributed by atoms with Gasteiger partial charge in [0.1, 0.15) is 12.4 Å². The lowest BCUT2D eigenvalue weighted by Crippen LogP contribution is -2.11. The summed E-state index contributed by atoms with van der Waals surface area (Å²) in [6, 6.07) is 22.6. The number of hydrogen-bond acceptors (Lipinski definition) is 6. The van der Waals surface area contributed by atoms with Crippen LogP contribution in [-0.4, -0.2) is 48.1 Å². The summed E-state index contributed by atoms with van der Waals surface area (Å²) in [6.45, 7) is 2.76. The predicted molar refractivity (Wildman–Crippen MR) is 130 cm³/mol. The van der Waals surface area contributed by atoms with Gasteiger partial charge < -0.3 is 19.5 Å². The maximum atomic E-state index is 12.5. The summed E-state index contributed by atoms with van der Waals surface area (Å²) in [5, 5.41) is 7.44. The molecule has 0 saturated heterocycles. The second-order valence-corrected chi connectivity index (χ2v) is 7.57. The average molecular weight is 459 g/mol. The summed E-state index contributed by atoms with van der Waals surface area (Å²) in [5.74, 6) is 1.20. The molecule has 0 aliphatic heterocycles. The van der Waals surface area contributed by atoms with Gasteiger partial charge in [-0.05, 0) is 67.6 Å². The van der Waals surface area contributed by atoms with Gasteiger partial charge in [0.15, 0.2) is 5.82 Å². The van der Waals surface area contributed by atoms with Crippen molar-refractivity contribution in [2.45, 2.75) is 6.92 Å². The van der Waals surface area contributed by atoms with Crippen LogP contribution in [0.3, 0.4) is 0 Å². The number of hydrogen-bond donors (Lipinski definition) is 1. The molecule has 3 aromatic carbocycles. The molecule has 1 amide bonds. The van der Waals surface area contributed by atoms with Crippen LogP contribution >= 0.6 is 0 Å². The zero-order chi connectivity index (χ0) is 23.9. The molecule has 0 bridgehead atoms. The summed E-state index contributed by atoms with van der Waals surface area (Å²) in [5.41, 5.74) is 4.01. The van der Waals surface area contributed by atoms with Gasteiger partial charge in [-0.25, -0.2) is 4.68 Å². The number of carbonyl (C=O) groups is 1. The number of methoxy groups -OCH3 is 2. The van der Waals surface area contributed by atoms with Crippen molar-refractivity contribution in [1.82, 2.24) is 14.8 Å². The van der Waals surface area contributed by atoms with E-state index in [9.17, 15) is 4.79 Å². The number of ether oxygens (including phenoxy) is 3. The molecule has 1 heterocycles. The van der Waals surface area contributed by atoms with E-state index in [2.05, 4.69) is 15.4 Å². The Labute approximate surface area is 198 Å². The van der Waals surface area contributed by atoms with Crippen molar-refractivity contribution in [2.75, 3.05) is 32.8 Å². The van der Waals surface area contributed by atoms with E-state index in [1.54, 1.807) is 31.0 Å². The maximum Gasteiger partial charge on any atom is 0.336 e. The summed E-state index contributed by atoms with van der Waals surface area (Å²) < 4.78 is 17.6. The standard InChI is InChI=1S/C26H26N4O4/c1-18-4-6-20(7-5-18)25(31)27-21-10-12-22(13-11-21)30-24(19-8-14-23(33-3)15-9-19)28-26(29-30)34-17-16-32-2/h4-15H,16-17H2,1-3H3,(H,27,31). The van der Waals surface area contributed by atoms with Gasteiger partial charge in [-0.3, -0.25) is 4.79 Å². The van der Waals surface area contributed by atoms with E-state index in [1.807, 2.05) is 67.6 Å². The Morgan fingerprint density at radius 1 is 0.912 bits per heavy atom. The molecule has 174 valence electrons. The Morgan fingerprint density at radius 3 is 2.26 bits per heavy atom. The number of rotatable bonds is 9. The molecule has 0 spiro atoms. The fourth-order valence-corrected chi connectivity index (χ4v) is 3.27. The largest absolute Gasteiger partial charge is 0.497 e. The van der Waals surface area contributed by atoms with Crippen molar-refractivity contribution in [3.8, 4) is 28.8 Å². The highest BCUT2D eigenvalue weighted by Gasteiger charge is 2.15. The lowest BCUT2D eigenvalue weighted by atomic mass is 10.1. The summed E-state index contributed by atoms with van der Waals surface area (Å²) >= 11 is 0. The van der Waals surface area contributed by atoms with Gasteiger partial charge in [-0.2, -0.15) is 4.98 Å². The topological polar surface area (TPSA) is 87.5 Å². The minimum Gasteiger partial charge on any atom is -0.497 e. The number of aromatic nitrogens is 3. The number of benzene rings is 3. The van der Waals surface area contributed by atoms with Crippen LogP contribution in [0.2, 0.25) is 0 Å². The van der Waals surface area contributed by atoms with Gasteiger partial charge in [-0.15, -0.1) is 5.10 Å². The highest BCUT2D eigenvalue weighted by molar-refractivity contribution is 6.04.